The molecule has 0 saturated heterocycles. The highest BCUT2D eigenvalue weighted by atomic mass is 14.2. The topological polar surface area (TPSA) is 0 Å². The van der Waals surface area contributed by atoms with Gasteiger partial charge in [-0.2, -0.15) is 0 Å². The molecule has 2 aromatic rings. The maximum atomic E-state index is 3.30. The molecule has 19 heavy (non-hydrogen) atoms. The molecule has 0 radical (unpaired) electrons. The van der Waals surface area contributed by atoms with Crippen LogP contribution >= 0.6 is 0 Å². The van der Waals surface area contributed by atoms with Crippen molar-refractivity contribution in [2.24, 2.45) is 0 Å². The molecule has 1 saturated carbocycles. The van der Waals surface area contributed by atoms with E-state index in [1.165, 1.54) is 29.5 Å². The normalized spacial score (nSPS) is 12.6. The maximum absolute atomic E-state index is 3.30. The molecule has 0 spiro atoms. The third-order valence-electron chi connectivity index (χ3n) is 3.22. The van der Waals surface area contributed by atoms with Gasteiger partial charge in [0, 0.05) is 11.1 Å². The first-order chi connectivity index (χ1) is 9.31. The summed E-state index contributed by atoms with van der Waals surface area (Å²) in [6, 6.07) is 16.7. The Morgan fingerprint density at radius 1 is 0.947 bits per heavy atom. The van der Waals surface area contributed by atoms with Crippen molar-refractivity contribution in [3.05, 3.63) is 76.4 Å². The first kappa shape index (κ1) is 11.8. The lowest BCUT2D eigenvalue weighted by Crippen LogP contribution is -1.82. The molecule has 0 nitrogen and oxygen atoms in total. The first-order valence-electron chi connectivity index (χ1n) is 6.68. The number of benzene rings is 2. The zero-order valence-corrected chi connectivity index (χ0v) is 11.1. The van der Waals surface area contributed by atoms with Gasteiger partial charge in [-0.1, -0.05) is 53.8 Å². The van der Waals surface area contributed by atoms with Crippen LogP contribution in [0, 0.1) is 18.8 Å². The van der Waals surface area contributed by atoms with Crippen LogP contribution in [-0.4, -0.2) is 0 Å². The Kier molecular flexibility index (Phi) is 3.21. The number of rotatable bonds is 1. The van der Waals surface area contributed by atoms with E-state index in [1.54, 1.807) is 0 Å². The van der Waals surface area contributed by atoms with Crippen LogP contribution in [0.4, 0.5) is 0 Å². The van der Waals surface area contributed by atoms with Crippen molar-refractivity contribution in [1.29, 1.82) is 0 Å². The van der Waals surface area contributed by atoms with Gasteiger partial charge in [-0.3, -0.25) is 0 Å². The molecular formula is C19H16. The van der Waals surface area contributed by atoms with E-state index in [9.17, 15) is 0 Å². The van der Waals surface area contributed by atoms with E-state index in [-0.39, 0.29) is 0 Å². The zero-order chi connectivity index (χ0) is 13.1. The van der Waals surface area contributed by atoms with Crippen molar-refractivity contribution in [3.8, 4) is 11.8 Å². The monoisotopic (exact) mass is 244 g/mol. The van der Waals surface area contributed by atoms with Crippen molar-refractivity contribution >= 4 is 6.08 Å². The maximum Gasteiger partial charge on any atom is 0.0321 e. The predicted octanol–water partition coefficient (Wildman–Crippen LogP) is 4.57. The van der Waals surface area contributed by atoms with Crippen LogP contribution in [0.15, 0.2) is 54.1 Å². The number of aryl methyl sites for hydroxylation is 1. The molecule has 0 aromatic heterocycles. The molecule has 3 rings (SSSR count). The lowest BCUT2D eigenvalue weighted by Gasteiger charge is -1.97. The highest BCUT2D eigenvalue weighted by Gasteiger charge is 2.11. The van der Waals surface area contributed by atoms with Crippen molar-refractivity contribution < 1.29 is 0 Å². The molecule has 1 aliphatic rings. The fourth-order valence-corrected chi connectivity index (χ4v) is 2.04. The molecule has 2 aromatic carbocycles. The summed E-state index contributed by atoms with van der Waals surface area (Å²) in [5, 5.41) is 0. The minimum absolute atomic E-state index is 1.08. The van der Waals surface area contributed by atoms with Crippen LogP contribution < -0.4 is 0 Å². The minimum Gasteiger partial charge on any atom is -0.0689 e. The van der Waals surface area contributed by atoms with Gasteiger partial charge in [0.15, 0.2) is 0 Å². The summed E-state index contributed by atoms with van der Waals surface area (Å²) < 4.78 is 0. The molecule has 0 atom stereocenters. The molecular weight excluding hydrogens is 228 g/mol. The van der Waals surface area contributed by atoms with Gasteiger partial charge in [0.25, 0.3) is 0 Å². The van der Waals surface area contributed by atoms with Crippen LogP contribution in [0.5, 0.6) is 0 Å². The Morgan fingerprint density at radius 2 is 1.79 bits per heavy atom. The summed E-state index contributed by atoms with van der Waals surface area (Å²) in [7, 11) is 0. The second kappa shape index (κ2) is 5.16. The molecule has 0 bridgehead atoms. The van der Waals surface area contributed by atoms with E-state index in [4.69, 9.17) is 0 Å². The third-order valence-corrected chi connectivity index (χ3v) is 3.22. The van der Waals surface area contributed by atoms with Crippen molar-refractivity contribution in [1.82, 2.24) is 0 Å². The van der Waals surface area contributed by atoms with E-state index in [1.807, 2.05) is 0 Å². The SMILES string of the molecule is Cc1cccc(C#Cc2ccccc2C=C2CC2)c1. The van der Waals surface area contributed by atoms with E-state index in [0.717, 1.165) is 11.1 Å². The van der Waals surface area contributed by atoms with Crippen LogP contribution in [-0.2, 0) is 0 Å². The first-order valence-corrected chi connectivity index (χ1v) is 6.68. The van der Waals surface area contributed by atoms with E-state index in [0.29, 0.717) is 0 Å². The summed E-state index contributed by atoms with van der Waals surface area (Å²) in [5.74, 6) is 6.55. The Bertz CT molecular complexity index is 687. The van der Waals surface area contributed by atoms with Gasteiger partial charge in [-0.15, -0.1) is 0 Å². The molecule has 0 N–H and O–H groups in total. The second-order valence-electron chi connectivity index (χ2n) is 5.01. The number of hydrogen-bond acceptors (Lipinski definition) is 0. The summed E-state index contributed by atoms with van der Waals surface area (Å²) >= 11 is 0. The molecule has 1 fully saturated rings. The quantitative estimate of drug-likeness (QED) is 0.644. The van der Waals surface area contributed by atoms with Gasteiger partial charge >= 0.3 is 0 Å². The smallest absolute Gasteiger partial charge is 0.0321 e. The lowest BCUT2D eigenvalue weighted by atomic mass is 10.1. The van der Waals surface area contributed by atoms with Gasteiger partial charge in [0.2, 0.25) is 0 Å². The van der Waals surface area contributed by atoms with Crippen LogP contribution in [0.25, 0.3) is 6.08 Å². The molecule has 0 unspecified atom stereocenters. The average molecular weight is 244 g/mol. The summed E-state index contributed by atoms with van der Waals surface area (Å²) in [6.45, 7) is 2.09. The summed E-state index contributed by atoms with van der Waals surface area (Å²) in [4.78, 5) is 0. The van der Waals surface area contributed by atoms with E-state index >= 15 is 0 Å². The average Bonchev–Trinajstić information content (AvgIpc) is 3.22. The van der Waals surface area contributed by atoms with Crippen molar-refractivity contribution in [3.63, 3.8) is 0 Å². The molecule has 0 heteroatoms. The Morgan fingerprint density at radius 3 is 2.58 bits per heavy atom. The largest absolute Gasteiger partial charge is 0.0689 e. The Hall–Kier alpha value is -2.26. The fourth-order valence-electron chi connectivity index (χ4n) is 2.04. The zero-order valence-electron chi connectivity index (χ0n) is 11.1. The molecule has 0 amide bonds. The van der Waals surface area contributed by atoms with Crippen molar-refractivity contribution in [2.75, 3.05) is 0 Å². The Balaban J connectivity index is 1.93. The molecule has 0 aliphatic heterocycles. The predicted molar refractivity (Wildman–Crippen MR) is 80.8 cm³/mol. The van der Waals surface area contributed by atoms with E-state index in [2.05, 4.69) is 73.4 Å². The molecule has 92 valence electrons. The standard InChI is InChI=1S/C19H16/c1-15-5-4-6-16(13-15)11-12-18-7-2-3-8-19(18)14-17-9-10-17/h2-8,13-14H,9-10H2,1H3. The lowest BCUT2D eigenvalue weighted by molar-refractivity contribution is 1.45. The van der Waals surface area contributed by atoms with Gasteiger partial charge < -0.3 is 0 Å². The van der Waals surface area contributed by atoms with E-state index < -0.39 is 0 Å². The van der Waals surface area contributed by atoms with Crippen molar-refractivity contribution in [2.45, 2.75) is 19.8 Å². The number of allylic oxidation sites excluding steroid dienone is 1. The molecule has 0 heterocycles. The van der Waals surface area contributed by atoms with Gasteiger partial charge in [-0.05, 0) is 49.1 Å². The van der Waals surface area contributed by atoms with Crippen LogP contribution in [0.3, 0.4) is 0 Å². The summed E-state index contributed by atoms with van der Waals surface area (Å²) in [6.07, 6.45) is 4.78. The highest BCUT2D eigenvalue weighted by molar-refractivity contribution is 5.64. The third kappa shape index (κ3) is 3.14. The highest BCUT2D eigenvalue weighted by Crippen LogP contribution is 2.30. The van der Waals surface area contributed by atoms with Crippen LogP contribution in [0.2, 0.25) is 0 Å². The summed E-state index contributed by atoms with van der Waals surface area (Å²) in [5.41, 5.74) is 6.22. The Labute approximate surface area is 114 Å². The fraction of sp³-hybridized carbons (Fsp3) is 0.158. The molecule has 1 aliphatic carbocycles. The van der Waals surface area contributed by atoms with Crippen LogP contribution in [0.1, 0.15) is 35.1 Å². The minimum atomic E-state index is 1.08. The van der Waals surface area contributed by atoms with Gasteiger partial charge in [0.05, 0.1) is 0 Å². The van der Waals surface area contributed by atoms with Gasteiger partial charge in [-0.25, -0.2) is 0 Å². The van der Waals surface area contributed by atoms with Gasteiger partial charge in [0.1, 0.15) is 0 Å². The number of hydrogen-bond donors (Lipinski definition) is 0. The second-order valence-corrected chi connectivity index (χ2v) is 5.01.